The van der Waals surface area contributed by atoms with Crippen LogP contribution in [-0.2, 0) is 30.1 Å². The van der Waals surface area contributed by atoms with Crippen LogP contribution in [0.15, 0.2) is 36.5 Å². The summed E-state index contributed by atoms with van der Waals surface area (Å²) in [4.78, 5) is 62.1. The van der Waals surface area contributed by atoms with Crippen molar-refractivity contribution in [3.8, 4) is 6.07 Å². The minimum atomic E-state index is -4.76. The summed E-state index contributed by atoms with van der Waals surface area (Å²) < 4.78 is 47.5. The molecule has 3 aliphatic heterocycles. The van der Waals surface area contributed by atoms with E-state index in [4.69, 9.17) is 17.0 Å². The molecule has 4 fully saturated rings. The molecule has 2 aromatic rings. The minimum Gasteiger partial charge on any atom is -0.377 e. The average molecular weight is 797 g/mol. The number of halogens is 3. The molecule has 3 atom stereocenters. The van der Waals surface area contributed by atoms with Crippen molar-refractivity contribution in [3.63, 3.8) is 0 Å². The van der Waals surface area contributed by atoms with Crippen LogP contribution in [0.3, 0.4) is 0 Å². The van der Waals surface area contributed by atoms with E-state index in [0.29, 0.717) is 37.3 Å². The highest BCUT2D eigenvalue weighted by atomic mass is 32.1. The topological polar surface area (TPSA) is 151 Å². The third-order valence-corrected chi connectivity index (χ3v) is 11.8. The molecule has 1 unspecified atom stereocenters. The number of anilines is 2. The molecule has 4 heterocycles. The van der Waals surface area contributed by atoms with Gasteiger partial charge in [0.1, 0.15) is 11.4 Å². The Labute approximate surface area is 329 Å². The number of carbonyl (C=O) groups is 4. The number of nitrogens with one attached hydrogen (secondary N) is 2. The Morgan fingerprint density at radius 2 is 1.77 bits per heavy atom. The zero-order valence-corrected chi connectivity index (χ0v) is 32.7. The Balaban J connectivity index is 0.942. The summed E-state index contributed by atoms with van der Waals surface area (Å²) in [6.45, 7) is 10.7. The first-order chi connectivity index (χ1) is 26.5. The second-order valence-corrected chi connectivity index (χ2v) is 16.0. The highest BCUT2D eigenvalue weighted by molar-refractivity contribution is 7.80. The number of rotatable bonds is 10. The van der Waals surface area contributed by atoms with E-state index in [1.165, 1.54) is 6.07 Å². The molecule has 0 bridgehead atoms. The standard InChI is InChI=1S/C39H47F3N8O5S/c1-23-20-47(21-24(2)48(23)22-34(52)45-32-13-6-26(19-44-32)30-12-14-33(51)46-35(30)53)15-16-55-29-10-8-27(9-11-29)50-37(56)49(36(54)38(50,3)4)28-7-5-25(18-43)31(17-28)39(40,41)42/h5-7,13,17,19,23-24,27,29-30H,8-12,14-16,20-22H2,1-4H3,(H,44,45,52)(H,46,51,53)/t23-,24+,27-,29-,30?. The van der Waals surface area contributed by atoms with Gasteiger partial charge in [-0.2, -0.15) is 18.4 Å². The molecule has 1 saturated carbocycles. The lowest BCUT2D eigenvalue weighted by atomic mass is 9.89. The number of benzene rings is 1. The molecule has 0 radical (unpaired) electrons. The number of hydrogen-bond donors (Lipinski definition) is 2. The molecule has 56 heavy (non-hydrogen) atoms. The Morgan fingerprint density at radius 1 is 1.07 bits per heavy atom. The number of amides is 4. The number of pyridine rings is 1. The predicted octanol–water partition coefficient (Wildman–Crippen LogP) is 4.57. The van der Waals surface area contributed by atoms with Crippen LogP contribution in [0.4, 0.5) is 24.7 Å². The van der Waals surface area contributed by atoms with Crippen molar-refractivity contribution in [3.05, 3.63) is 53.2 Å². The zero-order chi connectivity index (χ0) is 40.5. The second-order valence-electron chi connectivity index (χ2n) is 15.7. The van der Waals surface area contributed by atoms with Crippen molar-refractivity contribution < 1.29 is 37.1 Å². The summed E-state index contributed by atoms with van der Waals surface area (Å²) >= 11 is 5.73. The number of aromatic nitrogens is 1. The highest BCUT2D eigenvalue weighted by Gasteiger charge is 2.52. The average Bonchev–Trinajstić information content (AvgIpc) is 3.32. The molecular formula is C39H47F3N8O5S. The van der Waals surface area contributed by atoms with Gasteiger partial charge in [-0.05, 0) is 102 Å². The van der Waals surface area contributed by atoms with E-state index in [2.05, 4.69) is 39.3 Å². The number of ether oxygens (including phenoxy) is 1. The molecule has 4 aliphatic rings. The number of alkyl halides is 3. The van der Waals surface area contributed by atoms with Crippen molar-refractivity contribution in [1.82, 2.24) is 25.0 Å². The number of nitriles is 1. The fourth-order valence-corrected chi connectivity index (χ4v) is 9.04. The lowest BCUT2D eigenvalue weighted by molar-refractivity contribution is -0.138. The lowest BCUT2D eigenvalue weighted by Gasteiger charge is -2.44. The molecule has 6 rings (SSSR count). The highest BCUT2D eigenvalue weighted by Crippen LogP contribution is 2.41. The molecule has 17 heteroatoms. The van der Waals surface area contributed by atoms with E-state index in [0.717, 1.165) is 49.5 Å². The van der Waals surface area contributed by atoms with Gasteiger partial charge in [-0.15, -0.1) is 0 Å². The van der Waals surface area contributed by atoms with Crippen LogP contribution in [0.25, 0.3) is 0 Å². The van der Waals surface area contributed by atoms with Crippen LogP contribution in [-0.4, -0.2) is 111 Å². The molecule has 1 aromatic heterocycles. The van der Waals surface area contributed by atoms with E-state index in [1.807, 2.05) is 4.90 Å². The Kier molecular flexibility index (Phi) is 12.1. The van der Waals surface area contributed by atoms with Gasteiger partial charge in [-0.1, -0.05) is 6.07 Å². The quantitative estimate of drug-likeness (QED) is 0.257. The molecule has 0 spiro atoms. The number of imide groups is 1. The Hall–Kier alpha value is -4.50. The largest absolute Gasteiger partial charge is 0.417 e. The molecule has 1 aliphatic carbocycles. The predicted molar refractivity (Wildman–Crippen MR) is 204 cm³/mol. The number of hydrogen-bond acceptors (Lipinski definition) is 10. The number of carbonyl (C=O) groups excluding carboxylic acids is 4. The minimum absolute atomic E-state index is 0.0143. The number of nitrogens with zero attached hydrogens (tertiary/aromatic N) is 6. The molecule has 300 valence electrons. The van der Waals surface area contributed by atoms with Gasteiger partial charge in [-0.25, -0.2) is 4.98 Å². The van der Waals surface area contributed by atoms with Gasteiger partial charge in [0.05, 0.1) is 48.1 Å². The van der Waals surface area contributed by atoms with E-state index in [1.54, 1.807) is 38.2 Å². The van der Waals surface area contributed by atoms with Crippen molar-refractivity contribution >= 4 is 52.5 Å². The van der Waals surface area contributed by atoms with Crippen LogP contribution in [0.1, 0.15) is 88.8 Å². The molecule has 3 saturated heterocycles. The molecule has 1 aromatic carbocycles. The van der Waals surface area contributed by atoms with Gasteiger partial charge < -0.3 is 15.0 Å². The first-order valence-electron chi connectivity index (χ1n) is 19.0. The van der Waals surface area contributed by atoms with Gasteiger partial charge in [0.2, 0.25) is 17.7 Å². The number of piperazine rings is 1. The first-order valence-corrected chi connectivity index (χ1v) is 19.4. The molecule has 13 nitrogen and oxygen atoms in total. The number of piperidine rings is 1. The fourth-order valence-electron chi connectivity index (χ4n) is 8.48. The summed E-state index contributed by atoms with van der Waals surface area (Å²) in [6.07, 6.45) is 0.414. The van der Waals surface area contributed by atoms with Crippen LogP contribution in [0.2, 0.25) is 0 Å². The normalized spacial score (nSPS) is 26.3. The summed E-state index contributed by atoms with van der Waals surface area (Å²) in [5.41, 5.74) is -2.02. The summed E-state index contributed by atoms with van der Waals surface area (Å²) in [7, 11) is 0. The van der Waals surface area contributed by atoms with Gasteiger partial charge in [-0.3, -0.25) is 39.2 Å². The van der Waals surface area contributed by atoms with Crippen molar-refractivity contribution in [1.29, 1.82) is 5.26 Å². The molecule has 4 amide bonds. The van der Waals surface area contributed by atoms with Crippen LogP contribution in [0, 0.1) is 11.3 Å². The van der Waals surface area contributed by atoms with Gasteiger partial charge in [0.25, 0.3) is 5.91 Å². The molecular weight excluding hydrogens is 750 g/mol. The summed E-state index contributed by atoms with van der Waals surface area (Å²) in [5, 5.41) is 14.6. The molecule has 2 N–H and O–H groups in total. The third-order valence-electron chi connectivity index (χ3n) is 11.4. The van der Waals surface area contributed by atoms with Crippen LogP contribution in [0.5, 0.6) is 0 Å². The summed E-state index contributed by atoms with van der Waals surface area (Å²) in [5.74, 6) is -1.26. The maximum Gasteiger partial charge on any atom is 0.417 e. The van der Waals surface area contributed by atoms with E-state index < -0.39 is 34.7 Å². The Bertz CT molecular complexity index is 1880. The van der Waals surface area contributed by atoms with E-state index in [9.17, 15) is 37.6 Å². The smallest absolute Gasteiger partial charge is 0.377 e. The number of thiocarbonyl (C=S) groups is 1. The fraction of sp³-hybridized carbons (Fsp3) is 0.564. The first kappa shape index (κ1) is 41.1. The van der Waals surface area contributed by atoms with Crippen molar-refractivity contribution in [2.24, 2.45) is 0 Å². The maximum absolute atomic E-state index is 13.7. The van der Waals surface area contributed by atoms with E-state index in [-0.39, 0.29) is 65.7 Å². The maximum atomic E-state index is 13.7. The van der Waals surface area contributed by atoms with Crippen LogP contribution >= 0.6 is 12.2 Å². The summed E-state index contributed by atoms with van der Waals surface area (Å²) in [6, 6.07) is 8.34. The zero-order valence-electron chi connectivity index (χ0n) is 31.9. The third kappa shape index (κ3) is 8.73. The van der Waals surface area contributed by atoms with E-state index >= 15 is 0 Å². The lowest BCUT2D eigenvalue weighted by Crippen LogP contribution is -2.58. The van der Waals surface area contributed by atoms with Crippen LogP contribution < -0.4 is 15.5 Å². The van der Waals surface area contributed by atoms with Crippen molar-refractivity contribution in [2.45, 2.75) is 108 Å². The van der Waals surface area contributed by atoms with Gasteiger partial charge in [0.15, 0.2) is 5.11 Å². The van der Waals surface area contributed by atoms with Gasteiger partial charge >= 0.3 is 6.18 Å². The Morgan fingerprint density at radius 3 is 2.38 bits per heavy atom. The van der Waals surface area contributed by atoms with Gasteiger partial charge in [0, 0.05) is 50.4 Å². The second kappa shape index (κ2) is 16.5. The van der Waals surface area contributed by atoms with Crippen molar-refractivity contribution in [2.75, 3.05) is 43.0 Å². The monoisotopic (exact) mass is 796 g/mol. The SMILES string of the molecule is C[C@@H]1CN(CCO[C@H]2CC[C@H](N3C(=S)N(c4ccc(C#N)c(C(F)(F)F)c4)C(=O)C3(C)C)CC2)C[C@H](C)N1CC(=O)Nc1ccc(C2CCC(=O)NC2=O)cn1.